The Kier molecular flexibility index (Phi) is 4.51. The SMILES string of the molecule is CC(CCBr)C(N)O. The van der Waals surface area contributed by atoms with Crippen LogP contribution in [0.3, 0.4) is 0 Å². The molecule has 0 saturated carbocycles. The average Bonchev–Trinajstić information content (AvgIpc) is 1.67. The van der Waals surface area contributed by atoms with E-state index in [1.807, 2.05) is 6.92 Å². The Morgan fingerprint density at radius 1 is 1.75 bits per heavy atom. The highest BCUT2D eigenvalue weighted by Crippen LogP contribution is 2.04. The standard InChI is InChI=1S/C5H12BrNO/c1-4(2-3-6)5(7)8/h4-5,8H,2-3,7H2,1H3. The molecule has 3 heteroatoms. The molecule has 2 unspecified atom stereocenters. The lowest BCUT2D eigenvalue weighted by Crippen LogP contribution is -2.27. The Bertz CT molecular complexity index is 58.4. The summed E-state index contributed by atoms with van der Waals surface area (Å²) in [5.74, 6) is 0.203. The zero-order valence-electron chi connectivity index (χ0n) is 4.97. The van der Waals surface area contributed by atoms with Crippen molar-refractivity contribution in [3.8, 4) is 0 Å². The summed E-state index contributed by atoms with van der Waals surface area (Å²) in [6, 6.07) is 0. The molecule has 0 bridgehead atoms. The zero-order valence-corrected chi connectivity index (χ0v) is 6.56. The van der Waals surface area contributed by atoms with Crippen molar-refractivity contribution in [3.05, 3.63) is 0 Å². The van der Waals surface area contributed by atoms with Gasteiger partial charge in [-0.3, -0.25) is 0 Å². The van der Waals surface area contributed by atoms with Crippen LogP contribution in [0.1, 0.15) is 13.3 Å². The number of hydrogen-bond donors (Lipinski definition) is 2. The van der Waals surface area contributed by atoms with Gasteiger partial charge in [0.1, 0.15) is 6.23 Å². The molecule has 0 aliphatic carbocycles. The lowest BCUT2D eigenvalue weighted by atomic mass is 10.1. The summed E-state index contributed by atoms with van der Waals surface area (Å²) in [4.78, 5) is 0. The van der Waals surface area contributed by atoms with Crippen LogP contribution < -0.4 is 5.73 Å². The van der Waals surface area contributed by atoms with E-state index in [2.05, 4.69) is 15.9 Å². The number of aliphatic hydroxyl groups excluding tert-OH is 1. The van der Waals surface area contributed by atoms with E-state index >= 15 is 0 Å². The number of halogens is 1. The van der Waals surface area contributed by atoms with E-state index in [4.69, 9.17) is 10.8 Å². The maximum Gasteiger partial charge on any atom is 0.105 e. The molecular weight excluding hydrogens is 170 g/mol. The molecule has 0 aliphatic rings. The minimum Gasteiger partial charge on any atom is -0.379 e. The summed E-state index contributed by atoms with van der Waals surface area (Å²) in [5.41, 5.74) is 5.16. The molecule has 2 nitrogen and oxygen atoms in total. The van der Waals surface area contributed by atoms with Gasteiger partial charge in [-0.1, -0.05) is 22.9 Å². The van der Waals surface area contributed by atoms with Crippen LogP contribution in [-0.4, -0.2) is 16.7 Å². The molecule has 0 heterocycles. The monoisotopic (exact) mass is 181 g/mol. The molecular formula is C5H12BrNO. The van der Waals surface area contributed by atoms with Gasteiger partial charge in [-0.15, -0.1) is 0 Å². The van der Waals surface area contributed by atoms with Crippen LogP contribution in [0.15, 0.2) is 0 Å². The van der Waals surface area contributed by atoms with E-state index in [1.54, 1.807) is 0 Å². The fourth-order valence-electron chi connectivity index (χ4n) is 0.343. The third-order valence-corrected chi connectivity index (χ3v) is 1.61. The Morgan fingerprint density at radius 2 is 2.25 bits per heavy atom. The number of hydrogen-bond acceptors (Lipinski definition) is 2. The summed E-state index contributed by atoms with van der Waals surface area (Å²) >= 11 is 3.25. The molecule has 2 atom stereocenters. The number of rotatable bonds is 3. The van der Waals surface area contributed by atoms with E-state index in [0.29, 0.717) is 0 Å². The van der Waals surface area contributed by atoms with Crippen molar-refractivity contribution >= 4 is 15.9 Å². The number of nitrogens with two attached hydrogens (primary N) is 1. The van der Waals surface area contributed by atoms with Crippen molar-refractivity contribution in [2.45, 2.75) is 19.6 Å². The van der Waals surface area contributed by atoms with E-state index in [0.717, 1.165) is 11.8 Å². The zero-order chi connectivity index (χ0) is 6.57. The predicted molar refractivity (Wildman–Crippen MR) is 37.8 cm³/mol. The Labute approximate surface area is 58.2 Å². The molecule has 50 valence electrons. The van der Waals surface area contributed by atoms with Crippen LogP contribution in [0.25, 0.3) is 0 Å². The van der Waals surface area contributed by atoms with Crippen LogP contribution in [0.5, 0.6) is 0 Å². The average molecular weight is 182 g/mol. The highest BCUT2D eigenvalue weighted by molar-refractivity contribution is 9.09. The second kappa shape index (κ2) is 4.30. The Morgan fingerprint density at radius 3 is 2.38 bits per heavy atom. The van der Waals surface area contributed by atoms with Crippen LogP contribution >= 0.6 is 15.9 Å². The maximum absolute atomic E-state index is 8.71. The molecule has 0 aromatic carbocycles. The van der Waals surface area contributed by atoms with Gasteiger partial charge in [-0.25, -0.2) is 0 Å². The van der Waals surface area contributed by atoms with Gasteiger partial charge in [0.2, 0.25) is 0 Å². The fourth-order valence-corrected chi connectivity index (χ4v) is 1.07. The van der Waals surface area contributed by atoms with Gasteiger partial charge in [0.25, 0.3) is 0 Å². The van der Waals surface area contributed by atoms with Crippen LogP contribution in [0.4, 0.5) is 0 Å². The van der Waals surface area contributed by atoms with Crippen LogP contribution in [0.2, 0.25) is 0 Å². The van der Waals surface area contributed by atoms with Crippen molar-refractivity contribution in [2.75, 3.05) is 5.33 Å². The highest BCUT2D eigenvalue weighted by Gasteiger charge is 2.06. The van der Waals surface area contributed by atoms with Gasteiger partial charge in [-0.2, -0.15) is 0 Å². The molecule has 0 spiro atoms. The highest BCUT2D eigenvalue weighted by atomic mass is 79.9. The van der Waals surface area contributed by atoms with Gasteiger partial charge in [0, 0.05) is 5.33 Å². The topological polar surface area (TPSA) is 46.2 Å². The van der Waals surface area contributed by atoms with E-state index in [9.17, 15) is 0 Å². The van der Waals surface area contributed by atoms with Crippen LogP contribution in [-0.2, 0) is 0 Å². The molecule has 0 aliphatic heterocycles. The van der Waals surface area contributed by atoms with Gasteiger partial charge in [0.05, 0.1) is 0 Å². The molecule has 3 N–H and O–H groups in total. The summed E-state index contributed by atoms with van der Waals surface area (Å²) < 4.78 is 0. The lowest BCUT2D eigenvalue weighted by Gasteiger charge is -2.11. The third-order valence-electron chi connectivity index (χ3n) is 1.15. The van der Waals surface area contributed by atoms with Gasteiger partial charge < -0.3 is 10.8 Å². The largest absolute Gasteiger partial charge is 0.379 e. The fraction of sp³-hybridized carbons (Fsp3) is 1.00. The van der Waals surface area contributed by atoms with E-state index < -0.39 is 6.23 Å². The molecule has 0 aromatic rings. The van der Waals surface area contributed by atoms with E-state index in [-0.39, 0.29) is 5.92 Å². The molecule has 0 rings (SSSR count). The van der Waals surface area contributed by atoms with Crippen molar-refractivity contribution in [3.63, 3.8) is 0 Å². The number of aliphatic hydroxyl groups is 1. The van der Waals surface area contributed by atoms with Crippen molar-refractivity contribution in [1.82, 2.24) is 0 Å². The van der Waals surface area contributed by atoms with Gasteiger partial charge >= 0.3 is 0 Å². The van der Waals surface area contributed by atoms with Crippen molar-refractivity contribution < 1.29 is 5.11 Å². The minimum absolute atomic E-state index is 0.203. The predicted octanol–water partition coefficient (Wildman–Crippen LogP) is 0.685. The summed E-state index contributed by atoms with van der Waals surface area (Å²) in [6.07, 6.45) is 0.269. The van der Waals surface area contributed by atoms with Gasteiger partial charge in [-0.05, 0) is 12.3 Å². The summed E-state index contributed by atoms with van der Waals surface area (Å²) in [6.45, 7) is 1.92. The third kappa shape index (κ3) is 3.41. The minimum atomic E-state index is -0.660. The second-order valence-electron chi connectivity index (χ2n) is 1.95. The smallest absolute Gasteiger partial charge is 0.105 e. The molecule has 0 fully saturated rings. The second-order valence-corrected chi connectivity index (χ2v) is 2.74. The molecule has 0 radical (unpaired) electrons. The first-order chi connectivity index (χ1) is 3.68. The van der Waals surface area contributed by atoms with Gasteiger partial charge in [0.15, 0.2) is 0 Å². The Balaban J connectivity index is 3.17. The quantitative estimate of drug-likeness (QED) is 0.498. The maximum atomic E-state index is 8.71. The van der Waals surface area contributed by atoms with Crippen molar-refractivity contribution in [1.29, 1.82) is 0 Å². The first-order valence-corrected chi connectivity index (χ1v) is 3.80. The summed E-state index contributed by atoms with van der Waals surface area (Å²) in [5, 5.41) is 9.61. The molecule has 8 heavy (non-hydrogen) atoms. The first kappa shape index (κ1) is 8.40. The lowest BCUT2D eigenvalue weighted by molar-refractivity contribution is 0.122. The number of alkyl halides is 1. The molecule has 0 amide bonds. The summed E-state index contributed by atoms with van der Waals surface area (Å²) in [7, 11) is 0. The molecule has 0 saturated heterocycles. The van der Waals surface area contributed by atoms with E-state index in [1.165, 1.54) is 0 Å². The normalized spacial score (nSPS) is 18.0. The molecule has 0 aromatic heterocycles. The van der Waals surface area contributed by atoms with Crippen molar-refractivity contribution in [2.24, 2.45) is 11.7 Å². The Hall–Kier alpha value is 0.400. The first-order valence-electron chi connectivity index (χ1n) is 2.68. The van der Waals surface area contributed by atoms with Crippen LogP contribution in [0, 0.1) is 5.92 Å².